The fourth-order valence-electron chi connectivity index (χ4n) is 3.63. The first-order valence-electron chi connectivity index (χ1n) is 10.5. The number of hydrogen-bond donors (Lipinski definition) is 1. The van der Waals surface area contributed by atoms with Crippen molar-refractivity contribution >= 4 is 28.2 Å². The summed E-state index contributed by atoms with van der Waals surface area (Å²) in [5, 5.41) is 7.18. The minimum absolute atomic E-state index is 0.0656. The Morgan fingerprint density at radius 1 is 1.09 bits per heavy atom. The molecule has 170 valence electrons. The van der Waals surface area contributed by atoms with E-state index in [1.807, 2.05) is 44.2 Å². The van der Waals surface area contributed by atoms with Crippen molar-refractivity contribution in [1.29, 1.82) is 0 Å². The molecule has 33 heavy (non-hydrogen) atoms. The van der Waals surface area contributed by atoms with Crippen molar-refractivity contribution in [2.24, 2.45) is 5.41 Å². The third-order valence-electron chi connectivity index (χ3n) is 5.51. The van der Waals surface area contributed by atoms with Crippen LogP contribution in [0.25, 0.3) is 10.8 Å². The Morgan fingerprint density at radius 2 is 1.85 bits per heavy atom. The summed E-state index contributed by atoms with van der Waals surface area (Å²) in [6.45, 7) is 5.33. The Bertz CT molecular complexity index is 1290. The first-order valence-corrected chi connectivity index (χ1v) is 10.5. The number of rotatable bonds is 7. The van der Waals surface area contributed by atoms with Crippen LogP contribution < -0.4 is 10.9 Å². The van der Waals surface area contributed by atoms with Crippen molar-refractivity contribution < 1.29 is 23.6 Å². The average Bonchev–Trinajstić information content (AvgIpc) is 3.26. The lowest BCUT2D eigenvalue weighted by Gasteiger charge is -2.24. The molecule has 0 fully saturated rings. The van der Waals surface area contributed by atoms with Gasteiger partial charge in [0.05, 0.1) is 11.1 Å². The number of nitrogens with zero attached hydrogens (tertiary/aromatic N) is 1. The zero-order valence-corrected chi connectivity index (χ0v) is 18.6. The van der Waals surface area contributed by atoms with Gasteiger partial charge in [0.2, 0.25) is 12.1 Å². The molecule has 0 saturated heterocycles. The quantitative estimate of drug-likeness (QED) is 0.547. The Labute approximate surface area is 190 Å². The first-order chi connectivity index (χ1) is 15.7. The molecule has 4 rings (SSSR count). The molecule has 0 spiro atoms. The van der Waals surface area contributed by atoms with Crippen LogP contribution in [0, 0.1) is 12.3 Å². The molecular formula is C25H24N2O6. The molecule has 0 aliphatic carbocycles. The number of fused-ring (bicyclic) bond motifs is 1. The number of ether oxygens (including phenoxy) is 2. The van der Waals surface area contributed by atoms with Gasteiger partial charge in [-0.3, -0.25) is 9.59 Å². The summed E-state index contributed by atoms with van der Waals surface area (Å²) in [5.74, 6) is -0.835. The molecule has 1 unspecified atom stereocenters. The highest BCUT2D eigenvalue weighted by Gasteiger charge is 2.36. The van der Waals surface area contributed by atoms with E-state index in [0.717, 1.165) is 5.56 Å². The number of carbonyl (C=O) groups excluding carboxylic acids is 2. The van der Waals surface area contributed by atoms with Crippen LogP contribution in [0.4, 0.5) is 5.69 Å². The molecule has 1 amide bonds. The summed E-state index contributed by atoms with van der Waals surface area (Å²) in [7, 11) is 0. The van der Waals surface area contributed by atoms with Crippen molar-refractivity contribution in [2.45, 2.75) is 39.9 Å². The number of nitrogens with one attached hydrogen (secondary N) is 1. The number of carbonyl (C=O) groups is 2. The zero-order valence-electron chi connectivity index (χ0n) is 18.6. The molecular weight excluding hydrogens is 424 g/mol. The highest BCUT2D eigenvalue weighted by Crippen LogP contribution is 2.36. The summed E-state index contributed by atoms with van der Waals surface area (Å²) in [4.78, 5) is 37.0. The maximum atomic E-state index is 12.7. The second-order valence-electron chi connectivity index (χ2n) is 8.61. The van der Waals surface area contributed by atoms with Gasteiger partial charge >= 0.3 is 5.63 Å². The maximum absolute atomic E-state index is 12.7. The first kappa shape index (κ1) is 22.3. The standard InChI is InChI=1S/C25H24N2O6/c1-15-19-12-17(9-10-18(19)24(30)33-27-15)26-23(29)20(28)13-25(2,3)21-14-31-22(32-21)11-16-7-5-4-6-8-16/h4-10,12,14,22H,11,13H2,1-3H3,(H,26,29). The predicted molar refractivity (Wildman–Crippen MR) is 121 cm³/mol. The van der Waals surface area contributed by atoms with Crippen LogP contribution in [-0.4, -0.2) is 23.1 Å². The van der Waals surface area contributed by atoms with Gasteiger partial charge in [-0.2, -0.15) is 0 Å². The number of aryl methyl sites for hydroxylation is 1. The van der Waals surface area contributed by atoms with Gasteiger partial charge in [0.15, 0.2) is 0 Å². The van der Waals surface area contributed by atoms with Gasteiger partial charge in [-0.15, -0.1) is 0 Å². The highest BCUT2D eigenvalue weighted by atomic mass is 16.7. The molecule has 0 saturated carbocycles. The summed E-state index contributed by atoms with van der Waals surface area (Å²) in [6, 6.07) is 14.5. The largest absolute Gasteiger partial charge is 0.459 e. The lowest BCUT2D eigenvalue weighted by Crippen LogP contribution is -2.29. The summed E-state index contributed by atoms with van der Waals surface area (Å²) >= 11 is 0. The molecule has 3 aromatic rings. The summed E-state index contributed by atoms with van der Waals surface area (Å²) < 4.78 is 16.2. The van der Waals surface area contributed by atoms with Gasteiger partial charge in [-0.1, -0.05) is 49.3 Å². The number of amides is 1. The normalized spacial score (nSPS) is 15.5. The number of Topliss-reactive ketones (excluding diaryl/α,β-unsaturated/α-hetero) is 1. The predicted octanol–water partition coefficient (Wildman–Crippen LogP) is 3.88. The molecule has 0 bridgehead atoms. The van der Waals surface area contributed by atoms with Crippen molar-refractivity contribution in [3.8, 4) is 0 Å². The number of hydrogen-bond acceptors (Lipinski definition) is 7. The Kier molecular flexibility index (Phi) is 6.00. The number of aromatic nitrogens is 1. The Morgan fingerprint density at radius 3 is 2.61 bits per heavy atom. The molecule has 2 aromatic carbocycles. The molecule has 2 heterocycles. The molecule has 1 atom stereocenters. The minimum Gasteiger partial charge on any atom is -0.459 e. The van der Waals surface area contributed by atoms with Gasteiger partial charge in [-0.05, 0) is 30.7 Å². The zero-order chi connectivity index (χ0) is 23.6. The third-order valence-corrected chi connectivity index (χ3v) is 5.51. The SMILES string of the molecule is Cc1noc(=O)c2ccc(NC(=O)C(=O)CC(C)(C)C3=COC(Cc4ccccc4)O3)cc12. The van der Waals surface area contributed by atoms with Crippen LogP contribution in [0.1, 0.15) is 31.5 Å². The number of anilines is 1. The van der Waals surface area contributed by atoms with E-state index in [2.05, 4.69) is 10.5 Å². The molecule has 1 aliphatic heterocycles. The molecule has 8 heteroatoms. The minimum atomic E-state index is -0.753. The van der Waals surface area contributed by atoms with E-state index in [4.69, 9.17) is 14.0 Å². The van der Waals surface area contributed by atoms with Gasteiger partial charge in [0, 0.05) is 29.3 Å². The molecule has 0 radical (unpaired) electrons. The van der Waals surface area contributed by atoms with Crippen LogP contribution in [0.3, 0.4) is 0 Å². The Balaban J connectivity index is 1.38. The van der Waals surface area contributed by atoms with Crippen LogP contribution in [0.15, 0.2) is 69.9 Å². The summed E-state index contributed by atoms with van der Waals surface area (Å²) in [6.07, 6.45) is 1.55. The second kappa shape index (κ2) is 8.90. The fraction of sp³-hybridized carbons (Fsp3) is 0.280. The van der Waals surface area contributed by atoms with Crippen LogP contribution >= 0.6 is 0 Å². The van der Waals surface area contributed by atoms with E-state index < -0.39 is 29.0 Å². The molecule has 1 aromatic heterocycles. The number of benzene rings is 2. The number of ketones is 1. The van der Waals surface area contributed by atoms with Gasteiger partial charge in [0.1, 0.15) is 12.0 Å². The smallest absolute Gasteiger partial charge is 0.366 e. The Hall–Kier alpha value is -3.94. The third kappa shape index (κ3) is 4.95. The van der Waals surface area contributed by atoms with E-state index in [-0.39, 0.29) is 6.42 Å². The maximum Gasteiger partial charge on any atom is 0.366 e. The van der Waals surface area contributed by atoms with Crippen molar-refractivity contribution in [3.05, 3.63) is 82.2 Å². The van der Waals surface area contributed by atoms with Gasteiger partial charge in [0.25, 0.3) is 5.91 Å². The topological polar surface area (TPSA) is 108 Å². The van der Waals surface area contributed by atoms with Gasteiger partial charge in [-0.25, -0.2) is 4.79 Å². The van der Waals surface area contributed by atoms with E-state index >= 15 is 0 Å². The van der Waals surface area contributed by atoms with Crippen LogP contribution in [-0.2, 0) is 25.5 Å². The highest BCUT2D eigenvalue weighted by molar-refractivity contribution is 6.40. The monoisotopic (exact) mass is 448 g/mol. The van der Waals surface area contributed by atoms with Gasteiger partial charge < -0.3 is 19.3 Å². The van der Waals surface area contributed by atoms with E-state index in [9.17, 15) is 14.4 Å². The van der Waals surface area contributed by atoms with E-state index in [0.29, 0.717) is 34.3 Å². The lowest BCUT2D eigenvalue weighted by molar-refractivity contribution is -0.136. The fourth-order valence-corrected chi connectivity index (χ4v) is 3.63. The van der Waals surface area contributed by atoms with E-state index in [1.54, 1.807) is 19.1 Å². The summed E-state index contributed by atoms with van der Waals surface area (Å²) in [5.41, 5.74) is 0.663. The molecule has 8 nitrogen and oxygen atoms in total. The lowest BCUT2D eigenvalue weighted by atomic mass is 9.85. The second-order valence-corrected chi connectivity index (χ2v) is 8.61. The van der Waals surface area contributed by atoms with Crippen LogP contribution in [0.2, 0.25) is 0 Å². The average molecular weight is 448 g/mol. The van der Waals surface area contributed by atoms with E-state index in [1.165, 1.54) is 12.3 Å². The van der Waals surface area contributed by atoms with Crippen LogP contribution in [0.5, 0.6) is 0 Å². The number of allylic oxidation sites excluding steroid dienone is 1. The van der Waals surface area contributed by atoms with Crippen molar-refractivity contribution in [3.63, 3.8) is 0 Å². The van der Waals surface area contributed by atoms with Crippen molar-refractivity contribution in [1.82, 2.24) is 5.16 Å². The molecule has 1 N–H and O–H groups in total. The van der Waals surface area contributed by atoms with Crippen molar-refractivity contribution in [2.75, 3.05) is 5.32 Å². The molecule has 1 aliphatic rings.